The Morgan fingerprint density at radius 1 is 1.14 bits per heavy atom. The predicted molar refractivity (Wildman–Crippen MR) is 80.1 cm³/mol. The molecule has 2 aromatic carbocycles. The summed E-state index contributed by atoms with van der Waals surface area (Å²) in [5.74, 6) is -0.459. The van der Waals surface area contributed by atoms with Gasteiger partial charge in [0, 0.05) is 16.6 Å². The van der Waals surface area contributed by atoms with Gasteiger partial charge in [0.1, 0.15) is 0 Å². The Morgan fingerprint density at radius 2 is 1.90 bits per heavy atom. The summed E-state index contributed by atoms with van der Waals surface area (Å²) in [4.78, 5) is 10.9. The van der Waals surface area contributed by atoms with Crippen molar-refractivity contribution in [1.29, 1.82) is 5.26 Å². The first-order chi connectivity index (χ1) is 10.1. The SMILES string of the molecule is N#Cc1ccccc1CS(=O)Cc1cccc(C(=O)O)c1. The number of carboxylic acid groups (broad SMARTS) is 1. The van der Waals surface area contributed by atoms with E-state index in [1.165, 1.54) is 12.1 Å². The average Bonchev–Trinajstić information content (AvgIpc) is 2.48. The van der Waals surface area contributed by atoms with Crippen LogP contribution >= 0.6 is 0 Å². The molecule has 0 heterocycles. The maximum absolute atomic E-state index is 12.2. The minimum Gasteiger partial charge on any atom is -0.478 e. The molecule has 0 amide bonds. The van der Waals surface area contributed by atoms with Crippen molar-refractivity contribution < 1.29 is 14.1 Å². The lowest BCUT2D eigenvalue weighted by Gasteiger charge is -2.05. The Morgan fingerprint density at radius 3 is 2.62 bits per heavy atom. The molecule has 0 fully saturated rings. The van der Waals surface area contributed by atoms with Gasteiger partial charge in [0.15, 0.2) is 0 Å². The van der Waals surface area contributed by atoms with Crippen LogP contribution < -0.4 is 0 Å². The van der Waals surface area contributed by atoms with E-state index in [4.69, 9.17) is 10.4 Å². The molecule has 21 heavy (non-hydrogen) atoms. The highest BCUT2D eigenvalue weighted by Gasteiger charge is 2.09. The zero-order valence-corrected chi connectivity index (χ0v) is 12.0. The largest absolute Gasteiger partial charge is 0.478 e. The normalized spacial score (nSPS) is 11.6. The van der Waals surface area contributed by atoms with Crippen LogP contribution in [0.1, 0.15) is 27.0 Å². The van der Waals surface area contributed by atoms with E-state index in [0.29, 0.717) is 11.1 Å². The molecule has 2 aromatic rings. The molecular formula is C16H13NO3S. The molecule has 0 saturated heterocycles. The highest BCUT2D eigenvalue weighted by Crippen LogP contribution is 2.14. The highest BCUT2D eigenvalue weighted by atomic mass is 32.2. The lowest BCUT2D eigenvalue weighted by Crippen LogP contribution is -2.03. The van der Waals surface area contributed by atoms with Crippen molar-refractivity contribution in [2.75, 3.05) is 0 Å². The van der Waals surface area contributed by atoms with Gasteiger partial charge in [-0.3, -0.25) is 4.21 Å². The Bertz CT molecular complexity index is 734. The first kappa shape index (κ1) is 14.9. The third-order valence-electron chi connectivity index (χ3n) is 2.96. The molecule has 0 radical (unpaired) electrons. The summed E-state index contributed by atoms with van der Waals surface area (Å²) < 4.78 is 12.2. The van der Waals surface area contributed by atoms with Crippen molar-refractivity contribution in [3.8, 4) is 6.07 Å². The lowest BCUT2D eigenvalue weighted by molar-refractivity contribution is 0.0696. The van der Waals surface area contributed by atoms with Crippen molar-refractivity contribution in [3.63, 3.8) is 0 Å². The van der Waals surface area contributed by atoms with Gasteiger partial charge >= 0.3 is 5.97 Å². The second kappa shape index (κ2) is 6.82. The van der Waals surface area contributed by atoms with E-state index in [0.717, 1.165) is 5.56 Å². The maximum atomic E-state index is 12.2. The lowest BCUT2D eigenvalue weighted by atomic mass is 10.1. The van der Waals surface area contributed by atoms with Crippen LogP contribution in [0.15, 0.2) is 48.5 Å². The Hall–Kier alpha value is -2.45. The van der Waals surface area contributed by atoms with Crippen LogP contribution in [0.4, 0.5) is 0 Å². The van der Waals surface area contributed by atoms with E-state index in [2.05, 4.69) is 6.07 Å². The highest BCUT2D eigenvalue weighted by molar-refractivity contribution is 7.83. The summed E-state index contributed by atoms with van der Waals surface area (Å²) >= 11 is 0. The second-order valence-corrected chi connectivity index (χ2v) is 5.96. The molecule has 0 aliphatic carbocycles. The zero-order valence-electron chi connectivity index (χ0n) is 11.2. The van der Waals surface area contributed by atoms with Crippen LogP contribution in [0.3, 0.4) is 0 Å². The quantitative estimate of drug-likeness (QED) is 0.920. The Balaban J connectivity index is 2.10. The van der Waals surface area contributed by atoms with Gasteiger partial charge in [-0.15, -0.1) is 0 Å². The molecule has 0 spiro atoms. The monoisotopic (exact) mass is 299 g/mol. The first-order valence-corrected chi connectivity index (χ1v) is 7.74. The van der Waals surface area contributed by atoms with Crippen LogP contribution in [0.5, 0.6) is 0 Å². The molecule has 1 atom stereocenters. The number of carbonyl (C=O) groups is 1. The number of nitrogens with zero attached hydrogens (tertiary/aromatic N) is 1. The van der Waals surface area contributed by atoms with E-state index in [9.17, 15) is 9.00 Å². The minimum absolute atomic E-state index is 0.182. The summed E-state index contributed by atoms with van der Waals surface area (Å²) in [6.07, 6.45) is 0. The number of rotatable bonds is 5. The van der Waals surface area contributed by atoms with Crippen LogP contribution in [0.25, 0.3) is 0 Å². The van der Waals surface area contributed by atoms with E-state index in [-0.39, 0.29) is 17.1 Å². The minimum atomic E-state index is -1.20. The molecule has 0 aromatic heterocycles. The number of benzene rings is 2. The van der Waals surface area contributed by atoms with Gasteiger partial charge in [0.25, 0.3) is 0 Å². The number of nitriles is 1. The second-order valence-electron chi connectivity index (χ2n) is 4.50. The van der Waals surface area contributed by atoms with Gasteiger partial charge in [0.05, 0.1) is 22.9 Å². The van der Waals surface area contributed by atoms with Gasteiger partial charge in [0.2, 0.25) is 0 Å². The number of hydrogen-bond donors (Lipinski definition) is 1. The molecule has 2 rings (SSSR count). The van der Waals surface area contributed by atoms with Crippen molar-refractivity contribution in [1.82, 2.24) is 0 Å². The van der Waals surface area contributed by atoms with Crippen molar-refractivity contribution in [3.05, 3.63) is 70.8 Å². The molecule has 0 saturated carbocycles. The fraction of sp³-hybridized carbons (Fsp3) is 0.125. The van der Waals surface area contributed by atoms with Crippen LogP contribution in [0.2, 0.25) is 0 Å². The number of aromatic carboxylic acids is 1. The molecule has 0 aliphatic heterocycles. The van der Waals surface area contributed by atoms with Crippen LogP contribution in [0, 0.1) is 11.3 Å². The van der Waals surface area contributed by atoms with Crippen molar-refractivity contribution in [2.24, 2.45) is 0 Å². The first-order valence-electron chi connectivity index (χ1n) is 6.25. The summed E-state index contributed by atoms with van der Waals surface area (Å²) in [6.45, 7) is 0. The summed E-state index contributed by atoms with van der Waals surface area (Å²) in [5, 5.41) is 17.9. The van der Waals surface area contributed by atoms with Crippen LogP contribution in [-0.2, 0) is 22.3 Å². The van der Waals surface area contributed by atoms with Gasteiger partial charge in [-0.05, 0) is 29.3 Å². The van der Waals surface area contributed by atoms with Crippen molar-refractivity contribution >= 4 is 16.8 Å². The third-order valence-corrected chi connectivity index (χ3v) is 4.24. The summed E-state index contributed by atoms with van der Waals surface area (Å²) in [7, 11) is -1.20. The Kier molecular flexibility index (Phi) is 4.85. The standard InChI is InChI=1S/C16H13NO3S/c17-9-14-5-1-2-6-15(14)11-21(20)10-12-4-3-7-13(8-12)16(18)19/h1-8H,10-11H2,(H,18,19). The van der Waals surface area contributed by atoms with E-state index in [1.54, 1.807) is 36.4 Å². The van der Waals surface area contributed by atoms with Crippen LogP contribution in [-0.4, -0.2) is 15.3 Å². The van der Waals surface area contributed by atoms with Crippen molar-refractivity contribution in [2.45, 2.75) is 11.5 Å². The topological polar surface area (TPSA) is 78.2 Å². The molecule has 1 N–H and O–H groups in total. The molecule has 0 bridgehead atoms. The fourth-order valence-corrected chi connectivity index (χ4v) is 3.21. The summed E-state index contributed by atoms with van der Waals surface area (Å²) in [6, 6.07) is 15.5. The van der Waals surface area contributed by atoms with Gasteiger partial charge in [-0.1, -0.05) is 30.3 Å². The van der Waals surface area contributed by atoms with Gasteiger partial charge in [-0.2, -0.15) is 5.26 Å². The third kappa shape index (κ3) is 4.01. The number of hydrogen-bond acceptors (Lipinski definition) is 3. The van der Waals surface area contributed by atoms with Gasteiger partial charge < -0.3 is 5.11 Å². The molecule has 5 heteroatoms. The van der Waals surface area contributed by atoms with Gasteiger partial charge in [-0.25, -0.2) is 4.79 Å². The smallest absolute Gasteiger partial charge is 0.335 e. The number of carboxylic acids is 1. The zero-order chi connectivity index (χ0) is 15.2. The van der Waals surface area contributed by atoms with E-state index < -0.39 is 16.8 Å². The average molecular weight is 299 g/mol. The molecule has 106 valence electrons. The maximum Gasteiger partial charge on any atom is 0.335 e. The Labute approximate surface area is 125 Å². The predicted octanol–water partition coefficient (Wildman–Crippen LogP) is 2.71. The molecule has 4 nitrogen and oxygen atoms in total. The molecule has 0 aliphatic rings. The molecular weight excluding hydrogens is 286 g/mol. The van der Waals surface area contributed by atoms with E-state index >= 15 is 0 Å². The van der Waals surface area contributed by atoms with E-state index in [1.807, 2.05) is 0 Å². The molecule has 1 unspecified atom stereocenters. The summed E-state index contributed by atoms with van der Waals surface area (Å²) in [5.41, 5.74) is 2.16. The fourth-order valence-electron chi connectivity index (χ4n) is 1.96.